The van der Waals surface area contributed by atoms with Crippen molar-refractivity contribution in [1.29, 1.82) is 0 Å². The van der Waals surface area contributed by atoms with E-state index in [0.29, 0.717) is 23.6 Å². The Balaban J connectivity index is 1.56. The number of aryl methyl sites for hydroxylation is 1. The molecule has 5 heteroatoms. The minimum absolute atomic E-state index is 0.198. The molecule has 0 bridgehead atoms. The van der Waals surface area contributed by atoms with E-state index < -0.39 is 0 Å². The summed E-state index contributed by atoms with van der Waals surface area (Å²) >= 11 is 0. The van der Waals surface area contributed by atoms with Crippen molar-refractivity contribution in [3.8, 4) is 11.5 Å². The van der Waals surface area contributed by atoms with Gasteiger partial charge in [0.1, 0.15) is 0 Å². The molecule has 3 aromatic rings. The van der Waals surface area contributed by atoms with Gasteiger partial charge in [0.2, 0.25) is 6.79 Å². The van der Waals surface area contributed by atoms with Crippen LogP contribution in [0.15, 0.2) is 78.6 Å². The van der Waals surface area contributed by atoms with Crippen LogP contribution in [0.25, 0.3) is 5.57 Å². The highest BCUT2D eigenvalue weighted by Crippen LogP contribution is 2.44. The molecule has 0 radical (unpaired) electrons. The molecule has 0 aliphatic carbocycles. The fourth-order valence-electron chi connectivity index (χ4n) is 4.25. The molecule has 31 heavy (non-hydrogen) atoms. The van der Waals surface area contributed by atoms with Gasteiger partial charge in [0.25, 0.3) is 5.91 Å². The lowest BCUT2D eigenvalue weighted by atomic mass is 9.92. The summed E-state index contributed by atoms with van der Waals surface area (Å²) in [5, 5.41) is 10.9. The highest BCUT2D eigenvalue weighted by Gasteiger charge is 2.41. The number of aliphatic hydroxyl groups excluding tert-OH is 1. The summed E-state index contributed by atoms with van der Waals surface area (Å²) in [7, 11) is 0. The quantitative estimate of drug-likeness (QED) is 0.637. The fourth-order valence-corrected chi connectivity index (χ4v) is 4.25. The van der Waals surface area contributed by atoms with Crippen LogP contribution in [-0.4, -0.2) is 22.7 Å². The zero-order valence-corrected chi connectivity index (χ0v) is 17.2. The molecule has 0 aromatic heterocycles. The molecule has 5 rings (SSSR count). The second-order valence-corrected chi connectivity index (χ2v) is 7.75. The maximum Gasteiger partial charge on any atom is 0.290 e. The Morgan fingerprint density at radius 2 is 1.65 bits per heavy atom. The van der Waals surface area contributed by atoms with Gasteiger partial charge in [-0.15, -0.1) is 0 Å². The van der Waals surface area contributed by atoms with Gasteiger partial charge < -0.3 is 19.5 Å². The van der Waals surface area contributed by atoms with Crippen molar-refractivity contribution in [1.82, 2.24) is 4.90 Å². The number of rotatable bonds is 5. The topological polar surface area (TPSA) is 59.0 Å². The first kappa shape index (κ1) is 19.2. The maximum atomic E-state index is 13.2. The predicted molar refractivity (Wildman–Crippen MR) is 118 cm³/mol. The number of aliphatic hydroxyl groups is 1. The molecule has 0 spiro atoms. The van der Waals surface area contributed by atoms with Gasteiger partial charge in [-0.25, -0.2) is 0 Å². The Morgan fingerprint density at radius 3 is 2.39 bits per heavy atom. The normalized spacial score (nSPS) is 17.5. The van der Waals surface area contributed by atoms with Crippen molar-refractivity contribution in [3.05, 3.63) is 101 Å². The lowest BCUT2D eigenvalue weighted by Crippen LogP contribution is -2.29. The smallest absolute Gasteiger partial charge is 0.290 e. The van der Waals surface area contributed by atoms with Gasteiger partial charge in [-0.05, 0) is 40.8 Å². The largest absolute Gasteiger partial charge is 0.503 e. The van der Waals surface area contributed by atoms with E-state index in [9.17, 15) is 9.90 Å². The lowest BCUT2D eigenvalue weighted by molar-refractivity contribution is -0.130. The van der Waals surface area contributed by atoms with Crippen LogP contribution in [0.4, 0.5) is 0 Å². The van der Waals surface area contributed by atoms with Crippen LogP contribution in [0.2, 0.25) is 0 Å². The highest BCUT2D eigenvalue weighted by atomic mass is 16.7. The van der Waals surface area contributed by atoms with E-state index in [-0.39, 0.29) is 24.5 Å². The summed E-state index contributed by atoms with van der Waals surface area (Å²) in [4.78, 5) is 14.9. The fraction of sp³-hybridized carbons (Fsp3) is 0.192. The van der Waals surface area contributed by atoms with Crippen LogP contribution in [0.1, 0.15) is 35.2 Å². The molecule has 2 heterocycles. The summed E-state index contributed by atoms with van der Waals surface area (Å²) in [6.07, 6.45) is 0.942. The molecule has 2 aliphatic heterocycles. The number of hydrogen-bond donors (Lipinski definition) is 1. The minimum atomic E-state index is -0.383. The average molecular weight is 413 g/mol. The molecule has 0 saturated heterocycles. The number of ether oxygens (including phenoxy) is 2. The third-order valence-electron chi connectivity index (χ3n) is 5.88. The van der Waals surface area contributed by atoms with Crippen molar-refractivity contribution in [2.45, 2.75) is 25.9 Å². The first-order valence-electron chi connectivity index (χ1n) is 10.4. The summed E-state index contributed by atoms with van der Waals surface area (Å²) in [5.41, 5.74) is 4.58. The summed E-state index contributed by atoms with van der Waals surface area (Å²) in [6, 6.07) is 23.2. The molecule has 0 unspecified atom stereocenters. The van der Waals surface area contributed by atoms with E-state index in [4.69, 9.17) is 9.47 Å². The number of amides is 1. The Kier molecular flexibility index (Phi) is 4.86. The van der Waals surface area contributed by atoms with Crippen molar-refractivity contribution in [3.63, 3.8) is 0 Å². The zero-order chi connectivity index (χ0) is 21.4. The molecule has 2 aliphatic rings. The zero-order valence-electron chi connectivity index (χ0n) is 17.2. The Morgan fingerprint density at radius 1 is 0.935 bits per heavy atom. The average Bonchev–Trinajstić information content (AvgIpc) is 3.38. The van der Waals surface area contributed by atoms with Crippen LogP contribution in [0.3, 0.4) is 0 Å². The van der Waals surface area contributed by atoms with Crippen molar-refractivity contribution < 1.29 is 19.4 Å². The number of benzene rings is 3. The van der Waals surface area contributed by atoms with Gasteiger partial charge in [-0.1, -0.05) is 67.6 Å². The SMILES string of the molecule is CCc1ccc([C@@H]2C(c3ccccc3)=C(O)C(=O)N2Cc2ccc3c(c2)OCO3)cc1. The van der Waals surface area contributed by atoms with Crippen molar-refractivity contribution in [2.75, 3.05) is 6.79 Å². The summed E-state index contributed by atoms with van der Waals surface area (Å²) < 4.78 is 10.9. The van der Waals surface area contributed by atoms with Gasteiger partial charge in [0.05, 0.1) is 6.04 Å². The Hall–Kier alpha value is -3.73. The third-order valence-corrected chi connectivity index (χ3v) is 5.88. The van der Waals surface area contributed by atoms with E-state index in [1.54, 1.807) is 4.90 Å². The Bertz CT molecular complexity index is 1150. The summed E-state index contributed by atoms with van der Waals surface area (Å²) in [5.74, 6) is 0.806. The van der Waals surface area contributed by atoms with Crippen LogP contribution in [0, 0.1) is 0 Å². The van der Waals surface area contributed by atoms with Gasteiger partial charge in [0.15, 0.2) is 17.3 Å². The molecule has 5 nitrogen and oxygen atoms in total. The third kappa shape index (κ3) is 3.42. The monoisotopic (exact) mass is 413 g/mol. The maximum absolute atomic E-state index is 13.2. The van der Waals surface area contributed by atoms with E-state index in [1.807, 2.05) is 60.7 Å². The molecule has 1 N–H and O–H groups in total. The van der Waals surface area contributed by atoms with Crippen LogP contribution < -0.4 is 9.47 Å². The Labute approximate surface area is 181 Å². The molecule has 3 aromatic carbocycles. The lowest BCUT2D eigenvalue weighted by Gasteiger charge is -2.28. The number of hydrogen-bond acceptors (Lipinski definition) is 4. The molecule has 1 amide bonds. The first-order chi connectivity index (χ1) is 15.2. The van der Waals surface area contributed by atoms with Gasteiger partial charge in [0, 0.05) is 12.1 Å². The van der Waals surface area contributed by atoms with Gasteiger partial charge in [-0.3, -0.25) is 4.79 Å². The minimum Gasteiger partial charge on any atom is -0.503 e. The predicted octanol–water partition coefficient (Wildman–Crippen LogP) is 5.03. The van der Waals surface area contributed by atoms with Crippen LogP contribution in [0.5, 0.6) is 11.5 Å². The van der Waals surface area contributed by atoms with E-state index in [0.717, 1.165) is 23.1 Å². The molecule has 0 saturated carbocycles. The molecule has 156 valence electrons. The number of nitrogens with zero attached hydrogens (tertiary/aromatic N) is 1. The van der Waals surface area contributed by atoms with Crippen molar-refractivity contribution >= 4 is 11.5 Å². The number of fused-ring (bicyclic) bond motifs is 1. The second kappa shape index (κ2) is 7.84. The van der Waals surface area contributed by atoms with Crippen molar-refractivity contribution in [2.24, 2.45) is 0 Å². The van der Waals surface area contributed by atoms with Crippen LogP contribution in [-0.2, 0) is 17.8 Å². The van der Waals surface area contributed by atoms with Gasteiger partial charge in [-0.2, -0.15) is 0 Å². The highest BCUT2D eigenvalue weighted by molar-refractivity contribution is 6.05. The second-order valence-electron chi connectivity index (χ2n) is 7.75. The van der Waals surface area contributed by atoms with E-state index in [2.05, 4.69) is 19.1 Å². The number of carbonyl (C=O) groups excluding carboxylic acids is 1. The number of carbonyl (C=O) groups is 1. The van der Waals surface area contributed by atoms with E-state index >= 15 is 0 Å². The molecular weight excluding hydrogens is 390 g/mol. The molecule has 0 fully saturated rings. The van der Waals surface area contributed by atoms with Gasteiger partial charge >= 0.3 is 0 Å². The van der Waals surface area contributed by atoms with E-state index in [1.165, 1.54) is 5.56 Å². The standard InChI is InChI=1S/C26H23NO4/c1-2-17-8-11-20(12-9-17)24-23(19-6-4-3-5-7-19)25(28)26(29)27(24)15-18-10-13-21-22(14-18)31-16-30-21/h3-14,24,28H,2,15-16H2,1H3/t24-/m1/s1. The molecular formula is C26H23NO4. The first-order valence-corrected chi connectivity index (χ1v) is 10.4. The van der Waals surface area contributed by atoms with Crippen LogP contribution >= 0.6 is 0 Å². The molecule has 1 atom stereocenters. The summed E-state index contributed by atoms with van der Waals surface area (Å²) in [6.45, 7) is 2.66.